The van der Waals surface area contributed by atoms with Crippen LogP contribution in [0, 0.1) is 5.92 Å². The number of quaternary nitrogens is 2. The maximum Gasteiger partial charge on any atom is 0.127 e. The van der Waals surface area contributed by atoms with E-state index in [9.17, 15) is 0 Å². The van der Waals surface area contributed by atoms with Gasteiger partial charge < -0.3 is 9.80 Å². The second kappa shape index (κ2) is 7.44. The molecule has 2 N–H and O–H groups in total. The minimum atomic E-state index is 0.925. The first-order valence-electron chi connectivity index (χ1n) is 8.37. The molecule has 1 saturated heterocycles. The van der Waals surface area contributed by atoms with Crippen LogP contribution in [-0.2, 0) is 6.54 Å². The highest BCUT2D eigenvalue weighted by Crippen LogP contribution is 2.16. The lowest BCUT2D eigenvalue weighted by Crippen LogP contribution is -3.27. The summed E-state index contributed by atoms with van der Waals surface area (Å²) in [5.41, 5.74) is 1.30. The number of hydrogen-bond acceptors (Lipinski definition) is 0. The predicted octanol–water partition coefficient (Wildman–Crippen LogP) is 0.980. The molecule has 0 spiro atoms. The highest BCUT2D eigenvalue weighted by atomic mass is 35.5. The second-order valence-electron chi connectivity index (χ2n) is 6.62. The quantitative estimate of drug-likeness (QED) is 0.768. The molecule has 1 fully saturated rings. The molecular weight excluding hydrogens is 280 g/mol. The van der Waals surface area contributed by atoms with Crippen molar-refractivity contribution < 1.29 is 9.80 Å². The zero-order valence-electron chi connectivity index (χ0n) is 12.8. The molecular formula is C18H27ClN2+2. The third-order valence-electron chi connectivity index (χ3n) is 5.02. The lowest BCUT2D eigenvalue weighted by molar-refractivity contribution is -1.02. The average Bonchev–Trinajstić information content (AvgIpc) is 2.52. The van der Waals surface area contributed by atoms with E-state index in [1.807, 2.05) is 17.0 Å². The molecule has 0 amide bonds. The maximum atomic E-state index is 6.28. The zero-order valence-corrected chi connectivity index (χ0v) is 13.5. The number of benzene rings is 1. The summed E-state index contributed by atoms with van der Waals surface area (Å²) in [6, 6.07) is 8.29. The van der Waals surface area contributed by atoms with Gasteiger partial charge >= 0.3 is 0 Å². The summed E-state index contributed by atoms with van der Waals surface area (Å²) in [6.45, 7) is 7.66. The third-order valence-corrected chi connectivity index (χ3v) is 5.39. The van der Waals surface area contributed by atoms with Gasteiger partial charge in [-0.1, -0.05) is 42.0 Å². The highest BCUT2D eigenvalue weighted by Gasteiger charge is 2.25. The lowest BCUT2D eigenvalue weighted by Gasteiger charge is -2.32. The van der Waals surface area contributed by atoms with Gasteiger partial charge in [0.15, 0.2) is 0 Å². The van der Waals surface area contributed by atoms with E-state index in [2.05, 4.69) is 24.3 Å². The van der Waals surface area contributed by atoms with Crippen molar-refractivity contribution in [1.29, 1.82) is 0 Å². The molecule has 2 aliphatic rings. The van der Waals surface area contributed by atoms with Gasteiger partial charge in [0.25, 0.3) is 0 Å². The molecule has 1 aromatic carbocycles. The standard InChI is InChI=1S/C18H25ClN2/c19-18-9-5-4-8-17(18)15-21-12-10-20(11-13-21)14-16-6-2-1-3-7-16/h1-2,4-5,8-9,16H,3,6-7,10-15H2/p+2. The SMILES string of the molecule is Clc1ccccc1C[NH+]1CC[NH+](CC2CC=CCC2)CC1. The summed E-state index contributed by atoms with van der Waals surface area (Å²) < 4.78 is 0. The van der Waals surface area contributed by atoms with Crippen molar-refractivity contribution in [3.05, 3.63) is 47.0 Å². The van der Waals surface area contributed by atoms with E-state index in [-0.39, 0.29) is 0 Å². The molecule has 0 radical (unpaired) electrons. The molecule has 114 valence electrons. The van der Waals surface area contributed by atoms with Gasteiger partial charge in [0.1, 0.15) is 32.7 Å². The molecule has 0 aromatic heterocycles. The Morgan fingerprint density at radius 2 is 1.76 bits per heavy atom. The van der Waals surface area contributed by atoms with Crippen LogP contribution in [0.5, 0.6) is 0 Å². The summed E-state index contributed by atoms with van der Waals surface area (Å²) in [7, 11) is 0. The van der Waals surface area contributed by atoms with Crippen LogP contribution in [0.3, 0.4) is 0 Å². The first kappa shape index (κ1) is 15.1. The first-order valence-corrected chi connectivity index (χ1v) is 8.74. The fourth-order valence-electron chi connectivity index (χ4n) is 3.70. The topological polar surface area (TPSA) is 8.88 Å². The molecule has 3 rings (SSSR count). The van der Waals surface area contributed by atoms with E-state index < -0.39 is 0 Å². The van der Waals surface area contributed by atoms with E-state index in [1.54, 1.807) is 4.90 Å². The van der Waals surface area contributed by atoms with Crippen LogP contribution >= 0.6 is 11.6 Å². The molecule has 21 heavy (non-hydrogen) atoms. The normalized spacial score (nSPS) is 29.5. The van der Waals surface area contributed by atoms with Crippen molar-refractivity contribution in [1.82, 2.24) is 0 Å². The van der Waals surface area contributed by atoms with E-state index in [4.69, 9.17) is 11.6 Å². The smallest absolute Gasteiger partial charge is 0.127 e. The number of hydrogen-bond donors (Lipinski definition) is 2. The third kappa shape index (κ3) is 4.32. The van der Waals surface area contributed by atoms with Gasteiger partial charge in [0, 0.05) is 16.5 Å². The Morgan fingerprint density at radius 1 is 1.00 bits per heavy atom. The Hall–Kier alpha value is -0.830. The summed E-state index contributed by atoms with van der Waals surface area (Å²) >= 11 is 6.28. The highest BCUT2D eigenvalue weighted by molar-refractivity contribution is 6.31. The number of piperazine rings is 1. The summed E-state index contributed by atoms with van der Waals surface area (Å²) in [5.74, 6) is 0.926. The molecule has 1 atom stereocenters. The van der Waals surface area contributed by atoms with E-state index in [1.165, 1.54) is 57.5 Å². The van der Waals surface area contributed by atoms with Crippen molar-refractivity contribution in [3.63, 3.8) is 0 Å². The Labute approximate surface area is 133 Å². The van der Waals surface area contributed by atoms with Crippen LogP contribution in [0.1, 0.15) is 24.8 Å². The van der Waals surface area contributed by atoms with Crippen LogP contribution in [-0.4, -0.2) is 32.7 Å². The van der Waals surface area contributed by atoms with E-state index in [0.29, 0.717) is 0 Å². The molecule has 1 unspecified atom stereocenters. The van der Waals surface area contributed by atoms with Gasteiger partial charge in [-0.25, -0.2) is 0 Å². The molecule has 3 heteroatoms. The van der Waals surface area contributed by atoms with Gasteiger partial charge in [0.2, 0.25) is 0 Å². The lowest BCUT2D eigenvalue weighted by atomic mass is 9.94. The fourth-order valence-corrected chi connectivity index (χ4v) is 3.90. The number of nitrogens with one attached hydrogen (secondary N) is 2. The van der Waals surface area contributed by atoms with Crippen LogP contribution in [0.25, 0.3) is 0 Å². The maximum absolute atomic E-state index is 6.28. The molecule has 1 aromatic rings. The molecule has 0 saturated carbocycles. The van der Waals surface area contributed by atoms with Crippen LogP contribution in [0.2, 0.25) is 5.02 Å². The van der Waals surface area contributed by atoms with Gasteiger partial charge in [0.05, 0.1) is 6.54 Å². The molecule has 1 aliphatic carbocycles. The van der Waals surface area contributed by atoms with Gasteiger partial charge in [-0.15, -0.1) is 0 Å². The predicted molar refractivity (Wildman–Crippen MR) is 87.9 cm³/mol. The van der Waals surface area contributed by atoms with E-state index >= 15 is 0 Å². The van der Waals surface area contributed by atoms with Crippen LogP contribution in [0.15, 0.2) is 36.4 Å². The Kier molecular flexibility index (Phi) is 5.34. The minimum absolute atomic E-state index is 0.925. The monoisotopic (exact) mass is 306 g/mol. The summed E-state index contributed by atoms with van der Waals surface area (Å²) in [4.78, 5) is 3.51. The summed E-state index contributed by atoms with van der Waals surface area (Å²) in [6.07, 6.45) is 8.72. The molecule has 0 bridgehead atoms. The van der Waals surface area contributed by atoms with Gasteiger partial charge in [-0.2, -0.15) is 0 Å². The fraction of sp³-hybridized carbons (Fsp3) is 0.556. The van der Waals surface area contributed by atoms with Crippen molar-refractivity contribution in [2.45, 2.75) is 25.8 Å². The largest absolute Gasteiger partial charge is 0.325 e. The second-order valence-corrected chi connectivity index (χ2v) is 7.03. The average molecular weight is 307 g/mol. The zero-order chi connectivity index (χ0) is 14.5. The minimum Gasteiger partial charge on any atom is -0.325 e. The van der Waals surface area contributed by atoms with Crippen molar-refractivity contribution in [2.75, 3.05) is 32.7 Å². The van der Waals surface area contributed by atoms with Crippen molar-refractivity contribution >= 4 is 11.6 Å². The van der Waals surface area contributed by atoms with Crippen LogP contribution in [0.4, 0.5) is 0 Å². The van der Waals surface area contributed by atoms with Crippen molar-refractivity contribution in [3.8, 4) is 0 Å². The number of rotatable bonds is 4. The molecule has 1 heterocycles. The number of allylic oxidation sites excluding steroid dienone is 2. The van der Waals surface area contributed by atoms with E-state index in [0.717, 1.165) is 17.5 Å². The molecule has 1 aliphatic heterocycles. The first-order chi connectivity index (χ1) is 10.3. The van der Waals surface area contributed by atoms with Gasteiger partial charge in [-0.3, -0.25) is 0 Å². The molecule has 2 nitrogen and oxygen atoms in total. The Morgan fingerprint density at radius 3 is 2.48 bits per heavy atom. The summed E-state index contributed by atoms with van der Waals surface area (Å²) in [5, 5.41) is 0.925. The Bertz CT molecular complexity index is 478. The number of halogens is 1. The van der Waals surface area contributed by atoms with Crippen molar-refractivity contribution in [2.24, 2.45) is 5.92 Å². The Balaban J connectivity index is 1.44. The van der Waals surface area contributed by atoms with Gasteiger partial charge in [-0.05, 0) is 25.3 Å². The van der Waals surface area contributed by atoms with Crippen LogP contribution < -0.4 is 9.80 Å².